The number of benzene rings is 1. The van der Waals surface area contributed by atoms with Crippen LogP contribution in [0.5, 0.6) is 0 Å². The molecule has 0 heterocycles. The van der Waals surface area contributed by atoms with Crippen molar-refractivity contribution in [3.8, 4) is 0 Å². The standard InChI is InChI=1S/C16H24N2O3S.C3H8/c1-16(2,3)21-15(20)18(4)13(14(19)17-10-11-22)12-8-6-5-7-9-12;1-3-2/h5-9,13,22H,10-11H2,1-4H3,(H,17,19);3H2,1-2H3. The number of rotatable bonds is 5. The third-order valence-electron chi connectivity index (χ3n) is 2.84. The number of nitrogens with zero attached hydrogens (tertiary/aromatic N) is 1. The van der Waals surface area contributed by atoms with Crippen molar-refractivity contribution in [1.29, 1.82) is 0 Å². The van der Waals surface area contributed by atoms with Crippen LogP contribution in [-0.4, -0.2) is 41.8 Å². The van der Waals surface area contributed by atoms with Gasteiger partial charge >= 0.3 is 6.09 Å². The Morgan fingerprint density at radius 3 is 2.16 bits per heavy atom. The number of carbonyl (C=O) groups is 2. The molecule has 0 aromatic heterocycles. The normalized spacial score (nSPS) is 11.6. The molecule has 0 bridgehead atoms. The van der Waals surface area contributed by atoms with Gasteiger partial charge in [0.2, 0.25) is 5.91 Å². The molecular weight excluding hydrogens is 336 g/mol. The Morgan fingerprint density at radius 2 is 1.72 bits per heavy atom. The van der Waals surface area contributed by atoms with Crippen LogP contribution in [0, 0.1) is 0 Å². The minimum Gasteiger partial charge on any atom is -0.444 e. The predicted octanol–water partition coefficient (Wildman–Crippen LogP) is 4.06. The Bertz CT molecular complexity index is 515. The monoisotopic (exact) mass is 368 g/mol. The molecular formula is C19H32N2O3S. The lowest BCUT2D eigenvalue weighted by Crippen LogP contribution is -2.44. The molecule has 1 aromatic carbocycles. The molecule has 1 unspecified atom stereocenters. The van der Waals surface area contributed by atoms with Crippen LogP contribution < -0.4 is 5.32 Å². The van der Waals surface area contributed by atoms with Crippen LogP contribution in [0.4, 0.5) is 4.79 Å². The van der Waals surface area contributed by atoms with Gasteiger partial charge in [0, 0.05) is 19.3 Å². The van der Waals surface area contributed by atoms with E-state index < -0.39 is 17.7 Å². The van der Waals surface area contributed by atoms with E-state index in [4.69, 9.17) is 4.74 Å². The molecule has 0 spiro atoms. The van der Waals surface area contributed by atoms with Crippen molar-refractivity contribution in [2.45, 2.75) is 52.7 Å². The molecule has 142 valence electrons. The Kier molecular flexibility index (Phi) is 11.0. The zero-order valence-corrected chi connectivity index (χ0v) is 17.1. The van der Waals surface area contributed by atoms with Gasteiger partial charge in [0.25, 0.3) is 0 Å². The van der Waals surface area contributed by atoms with Crippen molar-refractivity contribution in [1.82, 2.24) is 10.2 Å². The lowest BCUT2D eigenvalue weighted by molar-refractivity contribution is -0.126. The summed E-state index contributed by atoms with van der Waals surface area (Å²) in [6.07, 6.45) is 0.711. The summed E-state index contributed by atoms with van der Waals surface area (Å²) in [7, 11) is 1.56. The first-order valence-electron chi connectivity index (χ1n) is 8.57. The van der Waals surface area contributed by atoms with Crippen LogP contribution in [0.2, 0.25) is 0 Å². The summed E-state index contributed by atoms with van der Waals surface area (Å²) in [4.78, 5) is 26.0. The second-order valence-electron chi connectivity index (χ2n) is 6.63. The number of ether oxygens (including phenoxy) is 1. The lowest BCUT2D eigenvalue weighted by atomic mass is 10.1. The smallest absolute Gasteiger partial charge is 0.410 e. The number of thiol groups is 1. The van der Waals surface area contributed by atoms with Gasteiger partial charge in [-0.2, -0.15) is 12.6 Å². The minimum absolute atomic E-state index is 0.256. The van der Waals surface area contributed by atoms with E-state index >= 15 is 0 Å². The summed E-state index contributed by atoms with van der Waals surface area (Å²) >= 11 is 4.08. The van der Waals surface area contributed by atoms with E-state index in [-0.39, 0.29) is 5.91 Å². The second-order valence-corrected chi connectivity index (χ2v) is 7.07. The maximum atomic E-state index is 12.4. The maximum absolute atomic E-state index is 12.4. The SMILES string of the molecule is CCC.CN(C(=O)OC(C)(C)C)C(C(=O)NCCS)c1ccccc1. The van der Waals surface area contributed by atoms with Gasteiger partial charge in [0.1, 0.15) is 11.6 Å². The van der Waals surface area contributed by atoms with Gasteiger partial charge in [-0.25, -0.2) is 4.79 Å². The van der Waals surface area contributed by atoms with Crippen molar-refractivity contribution in [2.24, 2.45) is 0 Å². The van der Waals surface area contributed by atoms with Gasteiger partial charge in [-0.1, -0.05) is 50.6 Å². The van der Waals surface area contributed by atoms with Crippen molar-refractivity contribution in [3.05, 3.63) is 35.9 Å². The molecule has 5 nitrogen and oxygen atoms in total. The van der Waals surface area contributed by atoms with Gasteiger partial charge in [-0.05, 0) is 26.3 Å². The van der Waals surface area contributed by atoms with Crippen LogP contribution in [0.15, 0.2) is 30.3 Å². The summed E-state index contributed by atoms with van der Waals surface area (Å²) in [5, 5.41) is 2.76. The molecule has 2 amide bonds. The summed E-state index contributed by atoms with van der Waals surface area (Å²) < 4.78 is 5.35. The van der Waals surface area contributed by atoms with Crippen LogP contribution in [0.3, 0.4) is 0 Å². The third kappa shape index (κ3) is 9.39. The van der Waals surface area contributed by atoms with E-state index in [1.54, 1.807) is 27.8 Å². The first-order chi connectivity index (χ1) is 11.7. The molecule has 0 saturated carbocycles. The summed E-state index contributed by atoms with van der Waals surface area (Å²) in [6.45, 7) is 10.1. The number of hydrogen-bond acceptors (Lipinski definition) is 4. The molecule has 0 aliphatic carbocycles. The molecule has 1 aromatic rings. The fraction of sp³-hybridized carbons (Fsp3) is 0.579. The van der Waals surface area contributed by atoms with E-state index in [0.29, 0.717) is 12.3 Å². The van der Waals surface area contributed by atoms with Crippen molar-refractivity contribution >= 4 is 24.6 Å². The van der Waals surface area contributed by atoms with Gasteiger partial charge in [-0.15, -0.1) is 0 Å². The molecule has 1 rings (SSSR count). The highest BCUT2D eigenvalue weighted by Gasteiger charge is 2.31. The largest absolute Gasteiger partial charge is 0.444 e. The van der Waals surface area contributed by atoms with E-state index in [0.717, 1.165) is 5.56 Å². The van der Waals surface area contributed by atoms with E-state index in [1.807, 2.05) is 30.3 Å². The maximum Gasteiger partial charge on any atom is 0.410 e. The fourth-order valence-electron chi connectivity index (χ4n) is 1.90. The zero-order chi connectivity index (χ0) is 19.5. The van der Waals surface area contributed by atoms with Crippen molar-refractivity contribution < 1.29 is 14.3 Å². The molecule has 0 saturated heterocycles. The van der Waals surface area contributed by atoms with Gasteiger partial charge in [0.05, 0.1) is 0 Å². The number of hydrogen-bond donors (Lipinski definition) is 2. The molecule has 0 aliphatic heterocycles. The summed E-state index contributed by atoms with van der Waals surface area (Å²) in [5.74, 6) is 0.275. The summed E-state index contributed by atoms with van der Waals surface area (Å²) in [5.41, 5.74) is 0.112. The topological polar surface area (TPSA) is 58.6 Å². The highest BCUT2D eigenvalue weighted by molar-refractivity contribution is 7.80. The summed E-state index contributed by atoms with van der Waals surface area (Å²) in [6, 6.07) is 8.40. The molecule has 6 heteroatoms. The van der Waals surface area contributed by atoms with Gasteiger partial charge < -0.3 is 10.1 Å². The Balaban J connectivity index is 0.00000178. The highest BCUT2D eigenvalue weighted by Crippen LogP contribution is 2.22. The number of nitrogens with one attached hydrogen (secondary N) is 1. The first kappa shape index (κ1) is 23.3. The van der Waals surface area contributed by atoms with E-state index in [1.165, 1.54) is 11.3 Å². The zero-order valence-electron chi connectivity index (χ0n) is 16.2. The molecule has 1 N–H and O–H groups in total. The number of likely N-dealkylation sites (N-methyl/N-ethyl adjacent to an activating group) is 1. The Hall–Kier alpha value is -1.69. The Morgan fingerprint density at radius 1 is 1.20 bits per heavy atom. The van der Waals surface area contributed by atoms with Gasteiger partial charge in [-0.3, -0.25) is 9.69 Å². The lowest BCUT2D eigenvalue weighted by Gasteiger charge is -2.30. The molecule has 0 aliphatic rings. The Labute approximate surface area is 157 Å². The van der Waals surface area contributed by atoms with Crippen molar-refractivity contribution in [2.75, 3.05) is 19.3 Å². The average Bonchev–Trinajstić information content (AvgIpc) is 2.53. The van der Waals surface area contributed by atoms with Crippen molar-refractivity contribution in [3.63, 3.8) is 0 Å². The second kappa shape index (κ2) is 11.8. The average molecular weight is 369 g/mol. The fourth-order valence-corrected chi connectivity index (χ4v) is 2.01. The molecule has 25 heavy (non-hydrogen) atoms. The van der Waals surface area contributed by atoms with Crippen LogP contribution in [0.25, 0.3) is 0 Å². The van der Waals surface area contributed by atoms with E-state index in [2.05, 4.69) is 31.8 Å². The number of carbonyl (C=O) groups excluding carboxylic acids is 2. The van der Waals surface area contributed by atoms with E-state index in [9.17, 15) is 9.59 Å². The number of amides is 2. The molecule has 0 radical (unpaired) electrons. The quantitative estimate of drug-likeness (QED) is 0.771. The van der Waals surface area contributed by atoms with Crippen LogP contribution >= 0.6 is 12.6 Å². The van der Waals surface area contributed by atoms with Crippen LogP contribution in [-0.2, 0) is 9.53 Å². The third-order valence-corrected chi connectivity index (χ3v) is 3.07. The highest BCUT2D eigenvalue weighted by atomic mass is 32.1. The molecule has 1 atom stereocenters. The minimum atomic E-state index is -0.740. The van der Waals surface area contributed by atoms with Crippen LogP contribution in [0.1, 0.15) is 52.6 Å². The predicted molar refractivity (Wildman–Crippen MR) is 106 cm³/mol. The first-order valence-corrected chi connectivity index (χ1v) is 9.20. The molecule has 0 fully saturated rings. The van der Waals surface area contributed by atoms with Gasteiger partial charge in [0.15, 0.2) is 0 Å².